The first kappa shape index (κ1) is 87.2. The van der Waals surface area contributed by atoms with Crippen molar-refractivity contribution in [1.82, 2.24) is 45.1 Å². The maximum absolute atomic E-state index is 10.1. The van der Waals surface area contributed by atoms with Gasteiger partial charge in [-0.2, -0.15) is 0 Å². The minimum Gasteiger partial charge on any atom is -0.545 e. The van der Waals surface area contributed by atoms with Gasteiger partial charge >= 0.3 is 0 Å². The second-order valence-corrected chi connectivity index (χ2v) is 21.1. The number of pyridine rings is 6. The summed E-state index contributed by atoms with van der Waals surface area (Å²) in [5.41, 5.74) is 13.3. The van der Waals surface area contributed by atoms with Gasteiger partial charge in [0.05, 0.1) is 39.7 Å². The number of allylic oxidation sites excluding steroid dienone is 2. The van der Waals surface area contributed by atoms with Gasteiger partial charge in [-0.05, 0) is 157 Å². The number of aromatic hydroxyl groups is 2. The Balaban J connectivity index is 0.000000325. The summed E-state index contributed by atoms with van der Waals surface area (Å²) in [7, 11) is 0. The zero-order chi connectivity index (χ0) is 69.4. The summed E-state index contributed by atoms with van der Waals surface area (Å²) in [6.07, 6.45) is 6.57. The van der Waals surface area contributed by atoms with Crippen molar-refractivity contribution in [3.05, 3.63) is 327 Å². The molecule has 8 aromatic carbocycles. The number of aryl methyl sites for hydroxylation is 2. The fraction of sp³-hybridized carbons (Fsp3) is 0.0482. The number of hydrogen-bond donors (Lipinski definition) is 3. The van der Waals surface area contributed by atoms with Crippen LogP contribution in [0.2, 0.25) is 0 Å². The molecule has 0 aliphatic carbocycles. The van der Waals surface area contributed by atoms with E-state index in [-0.39, 0.29) is 124 Å². The number of ketones is 1. The van der Waals surface area contributed by atoms with E-state index in [1.165, 1.54) is 52.4 Å². The van der Waals surface area contributed by atoms with Crippen molar-refractivity contribution in [2.75, 3.05) is 0 Å². The van der Waals surface area contributed by atoms with E-state index in [9.17, 15) is 15.0 Å². The Hall–Kier alpha value is -10.00. The third kappa shape index (κ3) is 25.8. The van der Waals surface area contributed by atoms with E-state index in [0.29, 0.717) is 45.6 Å². The smallest absolute Gasteiger partial charge is 0.155 e. The van der Waals surface area contributed by atoms with Gasteiger partial charge in [-0.3, -0.25) is 33.4 Å². The number of fused-ring (bicyclic) bond motifs is 3. The van der Waals surface area contributed by atoms with Gasteiger partial charge < -0.3 is 45.0 Å². The molecule has 0 spiro atoms. The second-order valence-electron chi connectivity index (χ2n) is 21.1. The van der Waals surface area contributed by atoms with Gasteiger partial charge in [-0.1, -0.05) is 115 Å². The predicted octanol–water partition coefficient (Wildman–Crippen LogP) is 17.6. The molecule has 3 radical (unpaired) electrons. The van der Waals surface area contributed by atoms with Crippen molar-refractivity contribution in [2.45, 2.75) is 27.7 Å². The van der Waals surface area contributed by atoms with E-state index in [1.54, 1.807) is 37.4 Å². The van der Waals surface area contributed by atoms with Crippen LogP contribution in [0.3, 0.4) is 0 Å². The number of aliphatic hydroxyl groups is 1. The molecule has 0 bridgehead atoms. The molecule has 0 amide bonds. The number of phenols is 2. The summed E-state index contributed by atoms with van der Waals surface area (Å²) >= 11 is 0. The molecule has 15 rings (SSSR count). The van der Waals surface area contributed by atoms with E-state index in [0.717, 1.165) is 45.0 Å². The van der Waals surface area contributed by atoms with Crippen LogP contribution >= 0.6 is 0 Å². The summed E-state index contributed by atoms with van der Waals surface area (Å²) in [5, 5.41) is 42.1. The fourth-order valence-electron chi connectivity index (χ4n) is 9.81. The molecule has 15 nitrogen and oxygen atoms in total. The van der Waals surface area contributed by atoms with Crippen LogP contribution in [0.5, 0.6) is 11.5 Å². The summed E-state index contributed by atoms with van der Waals surface area (Å²) in [4.78, 5) is 56.6. The Morgan fingerprint density at radius 2 is 0.854 bits per heavy atom. The number of carbonyl (C=O) groups is 1. The maximum Gasteiger partial charge on any atom is 0.155 e. The molecule has 0 aliphatic rings. The van der Waals surface area contributed by atoms with Gasteiger partial charge in [-0.25, -0.2) is 9.97 Å². The number of para-hydroxylation sites is 2. The minimum atomic E-state index is -0.125. The second kappa shape index (κ2) is 46.5. The summed E-state index contributed by atoms with van der Waals surface area (Å²) in [6.45, 7) is 13.3. The number of phenolic OH excluding ortho intramolecular Hbond substituents is 2. The standard InChI is InChI=1S/C22H16N2O2.C16H12N.2C15H10N.C8H7N4.C5H8O2.2CHO.3Ir.Os.Pt/c25-21-13-3-1-7-15(21)17-9-5-11-19(23-17)20-12-6-10-18(24-20)16-8-2-4-14-22(16)26;1-12-6-5-9-16-14(12)10-11-15(17-16)13-7-3-2-4-8-13;2*1-2-7-13(8-3-1)15-14-9-5-4-6-12(14)10-11-16-15;1-6-10-8(12-11-6)7-4-2-3-5-9-7;1-4(6)3-5(2)7;2*1-2;;;;;/h1-14,25-26H;2-7,9-11H,1H3;2*1-7,9-11H;2-5H,1H3;3,6H,1-2H3;2*1H;;;;;/q;4*-1;;2*-1;;;;;. The van der Waals surface area contributed by atoms with Crippen molar-refractivity contribution in [1.29, 1.82) is 0 Å². The topological polar surface area (TPSA) is 229 Å². The van der Waals surface area contributed by atoms with Gasteiger partial charge in [0.1, 0.15) is 11.5 Å². The molecule has 3 N–H and O–H groups in total. The fourth-order valence-corrected chi connectivity index (χ4v) is 9.81. The maximum atomic E-state index is 10.1. The average Bonchev–Trinajstić information content (AvgIpc) is 1.48. The van der Waals surface area contributed by atoms with Gasteiger partial charge in [-0.15, -0.1) is 108 Å². The molecule has 7 heterocycles. The van der Waals surface area contributed by atoms with E-state index >= 15 is 0 Å². The summed E-state index contributed by atoms with van der Waals surface area (Å²) in [6, 6.07) is 95.5. The minimum absolute atomic E-state index is 0. The van der Waals surface area contributed by atoms with Gasteiger partial charge in [0.15, 0.2) is 5.78 Å². The van der Waals surface area contributed by atoms with Crippen LogP contribution in [-0.4, -0.2) is 74.7 Å². The molecule has 529 valence electrons. The molecule has 0 fully saturated rings. The van der Waals surface area contributed by atoms with Gasteiger partial charge in [0.2, 0.25) is 0 Å². The zero-order valence-electron chi connectivity index (χ0n) is 55.6. The molecule has 0 atom stereocenters. The number of rotatable bonds is 8. The Morgan fingerprint density at radius 3 is 1.28 bits per heavy atom. The van der Waals surface area contributed by atoms with Crippen LogP contribution in [0.25, 0.3) is 112 Å². The molecule has 0 saturated heterocycles. The SMILES string of the molecule is CC(=O)C=C(C)O.Cc1cccc2nc(-c3[c-]cccc3)ccc12.Cc1n[n-]c(-c2ccccn2)n1.Oc1ccccc1-c1cccc(-c2cccc(-c3ccccc3O)n2)n1.[CH-]=O.[CH-]=O.[Ir].[Ir].[Ir].[Os].[Pt].[c-]1ccccc1-c1nccc2ccccc12.[c-]1ccccc1-c1nccc2ccccc12. The van der Waals surface area contributed by atoms with Crippen LogP contribution < -0.4 is 5.10 Å². The third-order valence-corrected chi connectivity index (χ3v) is 14.2. The molecule has 20 heteroatoms. The molecular formula is C83H65Ir3N9O6OsPt-6. The van der Waals surface area contributed by atoms with Crippen LogP contribution in [0.4, 0.5) is 0 Å². The Morgan fingerprint density at radius 1 is 0.417 bits per heavy atom. The van der Waals surface area contributed by atoms with E-state index < -0.39 is 0 Å². The largest absolute Gasteiger partial charge is 0.545 e. The number of nitrogens with zero attached hydrogens (tertiary/aromatic N) is 9. The summed E-state index contributed by atoms with van der Waals surface area (Å²) < 4.78 is 0. The quantitative estimate of drug-likeness (QED) is 0.0556. The summed E-state index contributed by atoms with van der Waals surface area (Å²) in [5.74, 6) is 1.58. The first-order valence-electron chi connectivity index (χ1n) is 30.5. The number of carbonyl (C=O) groups excluding carboxylic acids is 3. The van der Waals surface area contributed by atoms with Crippen LogP contribution in [-0.2, 0) is 116 Å². The third-order valence-electron chi connectivity index (χ3n) is 14.2. The molecule has 15 aromatic rings. The zero-order valence-corrected chi connectivity index (χ0v) is 67.6. The average molecular weight is 2250 g/mol. The first-order valence-corrected chi connectivity index (χ1v) is 30.5. The van der Waals surface area contributed by atoms with E-state index in [4.69, 9.17) is 14.7 Å². The van der Waals surface area contributed by atoms with Crippen molar-refractivity contribution >= 4 is 51.8 Å². The normalized spacial score (nSPS) is 9.73. The van der Waals surface area contributed by atoms with Crippen LogP contribution in [0, 0.1) is 32.0 Å². The van der Waals surface area contributed by atoms with Crippen LogP contribution in [0.1, 0.15) is 25.2 Å². The van der Waals surface area contributed by atoms with Crippen molar-refractivity contribution in [3.8, 4) is 90.7 Å². The number of aromatic nitrogens is 9. The number of hydrogen-bond acceptors (Lipinski definition) is 14. The van der Waals surface area contributed by atoms with E-state index in [1.807, 2.05) is 207 Å². The Bertz CT molecular complexity index is 4840. The van der Waals surface area contributed by atoms with Gasteiger partial charge in [0, 0.05) is 148 Å². The Labute approximate surface area is 667 Å². The van der Waals surface area contributed by atoms with E-state index in [2.05, 4.69) is 132 Å². The molecule has 0 unspecified atom stereocenters. The van der Waals surface area contributed by atoms with Gasteiger partial charge in [0.25, 0.3) is 0 Å². The monoisotopic (exact) mass is 2250 g/mol. The van der Waals surface area contributed by atoms with Crippen LogP contribution in [0.15, 0.2) is 297 Å². The molecular weight excluding hydrogens is 2180 g/mol. The van der Waals surface area contributed by atoms with Crippen molar-refractivity contribution < 1.29 is 131 Å². The predicted molar refractivity (Wildman–Crippen MR) is 388 cm³/mol. The molecule has 7 aromatic heterocycles. The Kier molecular flexibility index (Phi) is 39.4. The first-order chi connectivity index (χ1) is 47.9. The number of aliphatic hydroxyl groups excluding tert-OH is 1. The van der Waals surface area contributed by atoms with Crippen molar-refractivity contribution in [2.24, 2.45) is 0 Å². The molecule has 103 heavy (non-hydrogen) atoms. The number of benzene rings is 8. The molecule has 0 aliphatic heterocycles. The van der Waals surface area contributed by atoms with Crippen molar-refractivity contribution in [3.63, 3.8) is 0 Å². The molecule has 0 saturated carbocycles.